The van der Waals surface area contributed by atoms with Gasteiger partial charge in [0.2, 0.25) is 0 Å². The summed E-state index contributed by atoms with van der Waals surface area (Å²) < 4.78 is 8.05. The summed E-state index contributed by atoms with van der Waals surface area (Å²) in [7, 11) is 0. The van der Waals surface area contributed by atoms with Gasteiger partial charge in [0.15, 0.2) is 0 Å². The molecule has 35 heavy (non-hydrogen) atoms. The van der Waals surface area contributed by atoms with Crippen LogP contribution in [0.4, 0.5) is 0 Å². The lowest BCUT2D eigenvalue weighted by atomic mass is 9.95. The van der Waals surface area contributed by atoms with Crippen molar-refractivity contribution in [3.05, 3.63) is 125 Å². The molecule has 1 aliphatic rings. The third-order valence-corrected chi connectivity index (χ3v) is 7.44. The van der Waals surface area contributed by atoms with Gasteiger partial charge in [-0.15, -0.1) is 0 Å². The Bertz CT molecular complexity index is 2040. The topological polar surface area (TPSA) is 35.1 Å². The van der Waals surface area contributed by atoms with Crippen LogP contribution in [-0.2, 0) is 6.42 Å². The van der Waals surface area contributed by atoms with Crippen molar-refractivity contribution >= 4 is 43.6 Å². The number of aromatic nitrogens is 1. The first kappa shape index (κ1) is 18.8. The number of benzene rings is 5. The molecule has 5 aromatic carbocycles. The Kier molecular flexibility index (Phi) is 3.59. The SMILES string of the molecule is O=c1c2cccc3c2c2c(c(-c4ccc5c(c4)oc4ccccc45)ccc2n1-c1ccccc1)C3. The second-order valence-corrected chi connectivity index (χ2v) is 9.29. The van der Waals surface area contributed by atoms with E-state index in [2.05, 4.69) is 42.5 Å². The van der Waals surface area contributed by atoms with E-state index in [4.69, 9.17) is 4.42 Å². The number of pyridine rings is 1. The van der Waals surface area contributed by atoms with Crippen molar-refractivity contribution in [2.75, 3.05) is 0 Å². The number of nitrogens with zero attached hydrogens (tertiary/aromatic N) is 1. The zero-order valence-electron chi connectivity index (χ0n) is 18.8. The molecule has 0 unspecified atom stereocenters. The lowest BCUT2D eigenvalue weighted by Crippen LogP contribution is -2.19. The molecule has 0 radical (unpaired) electrons. The van der Waals surface area contributed by atoms with Crippen LogP contribution in [0.15, 0.2) is 112 Å². The molecule has 3 heteroatoms. The highest BCUT2D eigenvalue weighted by molar-refractivity contribution is 6.14. The van der Waals surface area contributed by atoms with Gasteiger partial charge in [-0.1, -0.05) is 60.7 Å². The maximum Gasteiger partial charge on any atom is 0.263 e. The molecule has 1 aliphatic carbocycles. The van der Waals surface area contributed by atoms with Crippen molar-refractivity contribution in [3.63, 3.8) is 0 Å². The monoisotopic (exact) mass is 449 g/mol. The molecule has 0 bridgehead atoms. The van der Waals surface area contributed by atoms with Crippen LogP contribution in [0.25, 0.3) is 60.4 Å². The van der Waals surface area contributed by atoms with Gasteiger partial charge in [-0.2, -0.15) is 0 Å². The van der Waals surface area contributed by atoms with Crippen LogP contribution in [0.5, 0.6) is 0 Å². The van der Waals surface area contributed by atoms with Gasteiger partial charge in [0.25, 0.3) is 5.56 Å². The number of hydrogen-bond acceptors (Lipinski definition) is 2. The molecule has 7 aromatic rings. The molecule has 8 rings (SSSR count). The van der Waals surface area contributed by atoms with E-state index in [0.717, 1.165) is 55.9 Å². The van der Waals surface area contributed by atoms with Crippen LogP contribution < -0.4 is 5.56 Å². The smallest absolute Gasteiger partial charge is 0.263 e. The fourth-order valence-corrected chi connectivity index (χ4v) is 5.92. The molecule has 0 saturated carbocycles. The summed E-state index contributed by atoms with van der Waals surface area (Å²) >= 11 is 0. The minimum absolute atomic E-state index is 0.0323. The first-order valence-corrected chi connectivity index (χ1v) is 11.9. The van der Waals surface area contributed by atoms with Crippen LogP contribution in [-0.4, -0.2) is 4.57 Å². The highest BCUT2D eigenvalue weighted by Gasteiger charge is 2.25. The van der Waals surface area contributed by atoms with Crippen LogP contribution in [0.3, 0.4) is 0 Å². The molecule has 0 spiro atoms. The number of rotatable bonds is 2. The standard InChI is InChI=1S/C32H19NO2/c34-32-25-11-6-7-20-17-26-22(19-13-14-24-23-10-4-5-12-28(23)35-29(24)18-19)15-16-27(31(26)30(20)25)33(32)21-8-2-1-3-9-21/h1-16,18H,17H2. The number of para-hydroxylation sites is 2. The van der Waals surface area contributed by atoms with Gasteiger partial charge in [-0.3, -0.25) is 9.36 Å². The van der Waals surface area contributed by atoms with Gasteiger partial charge in [-0.05, 0) is 71.1 Å². The Morgan fingerprint density at radius 1 is 0.657 bits per heavy atom. The van der Waals surface area contributed by atoms with Crippen molar-refractivity contribution < 1.29 is 4.42 Å². The van der Waals surface area contributed by atoms with Gasteiger partial charge < -0.3 is 4.42 Å². The van der Waals surface area contributed by atoms with E-state index in [9.17, 15) is 4.79 Å². The van der Waals surface area contributed by atoms with Crippen molar-refractivity contribution in [1.82, 2.24) is 4.57 Å². The van der Waals surface area contributed by atoms with E-state index in [-0.39, 0.29) is 5.56 Å². The summed E-state index contributed by atoms with van der Waals surface area (Å²) in [5.41, 5.74) is 8.49. The van der Waals surface area contributed by atoms with E-state index in [1.165, 1.54) is 22.1 Å². The minimum atomic E-state index is 0.0323. The summed E-state index contributed by atoms with van der Waals surface area (Å²) in [5.74, 6) is 0. The minimum Gasteiger partial charge on any atom is -0.456 e. The normalized spacial score (nSPS) is 12.6. The predicted molar refractivity (Wildman–Crippen MR) is 143 cm³/mol. The average molecular weight is 450 g/mol. The Morgan fingerprint density at radius 3 is 2.37 bits per heavy atom. The maximum absolute atomic E-state index is 13.7. The lowest BCUT2D eigenvalue weighted by molar-refractivity contribution is 0.669. The van der Waals surface area contributed by atoms with Crippen LogP contribution in [0.1, 0.15) is 11.1 Å². The van der Waals surface area contributed by atoms with E-state index in [0.29, 0.717) is 0 Å². The fraction of sp³-hybridized carbons (Fsp3) is 0.0312. The first-order valence-electron chi connectivity index (χ1n) is 11.9. The Morgan fingerprint density at radius 2 is 1.46 bits per heavy atom. The summed E-state index contributed by atoms with van der Waals surface area (Å²) in [6.45, 7) is 0. The molecule has 0 atom stereocenters. The van der Waals surface area contributed by atoms with Gasteiger partial charge in [0.05, 0.1) is 5.52 Å². The third-order valence-electron chi connectivity index (χ3n) is 7.44. The van der Waals surface area contributed by atoms with Crippen molar-refractivity contribution in [2.45, 2.75) is 6.42 Å². The number of furan rings is 1. The van der Waals surface area contributed by atoms with Gasteiger partial charge in [-0.25, -0.2) is 0 Å². The summed E-state index contributed by atoms with van der Waals surface area (Å²) in [6.07, 6.45) is 0.815. The molecule has 0 N–H and O–H groups in total. The largest absolute Gasteiger partial charge is 0.456 e. The highest BCUT2D eigenvalue weighted by atomic mass is 16.3. The summed E-state index contributed by atoms with van der Waals surface area (Å²) in [6, 6.07) is 35.0. The molecule has 0 saturated heterocycles. The summed E-state index contributed by atoms with van der Waals surface area (Å²) in [5, 5.41) is 5.33. The maximum atomic E-state index is 13.7. The molecular weight excluding hydrogens is 430 g/mol. The molecule has 3 nitrogen and oxygen atoms in total. The summed E-state index contributed by atoms with van der Waals surface area (Å²) in [4.78, 5) is 13.7. The van der Waals surface area contributed by atoms with Crippen LogP contribution in [0, 0.1) is 0 Å². The van der Waals surface area contributed by atoms with Crippen LogP contribution >= 0.6 is 0 Å². The van der Waals surface area contributed by atoms with Crippen molar-refractivity contribution in [2.24, 2.45) is 0 Å². The second kappa shape index (κ2) is 6.71. The van der Waals surface area contributed by atoms with E-state index >= 15 is 0 Å². The quantitative estimate of drug-likeness (QED) is 0.255. The molecule has 0 amide bonds. The van der Waals surface area contributed by atoms with E-state index in [1.54, 1.807) is 0 Å². The molecule has 2 aromatic heterocycles. The Labute approximate surface area is 200 Å². The van der Waals surface area contributed by atoms with Crippen molar-refractivity contribution in [1.29, 1.82) is 0 Å². The Balaban J connectivity index is 1.45. The number of fused-ring (bicyclic) bond motifs is 3. The molecule has 0 fully saturated rings. The molecule has 0 aliphatic heterocycles. The first-order chi connectivity index (χ1) is 17.3. The van der Waals surface area contributed by atoms with Gasteiger partial charge >= 0.3 is 0 Å². The van der Waals surface area contributed by atoms with Crippen molar-refractivity contribution in [3.8, 4) is 16.8 Å². The van der Waals surface area contributed by atoms with E-state index in [1.807, 2.05) is 65.2 Å². The Hall–Kier alpha value is -4.63. The molecular formula is C32H19NO2. The highest BCUT2D eigenvalue weighted by Crippen LogP contribution is 2.43. The fourth-order valence-electron chi connectivity index (χ4n) is 5.92. The second-order valence-electron chi connectivity index (χ2n) is 9.29. The zero-order valence-corrected chi connectivity index (χ0v) is 18.8. The van der Waals surface area contributed by atoms with E-state index < -0.39 is 0 Å². The average Bonchev–Trinajstić information content (AvgIpc) is 3.47. The third kappa shape index (κ3) is 2.47. The zero-order chi connectivity index (χ0) is 23.1. The van der Waals surface area contributed by atoms with Crippen LogP contribution in [0.2, 0.25) is 0 Å². The van der Waals surface area contributed by atoms with Gasteiger partial charge in [0, 0.05) is 32.6 Å². The lowest BCUT2D eigenvalue weighted by Gasteiger charge is -2.15. The predicted octanol–water partition coefficient (Wildman–Crippen LogP) is 7.61. The number of hydrogen-bond donors (Lipinski definition) is 0. The van der Waals surface area contributed by atoms with Gasteiger partial charge in [0.1, 0.15) is 11.2 Å². The molecule has 164 valence electrons. The molecule has 2 heterocycles.